The zero-order chi connectivity index (χ0) is 13.5. The molecule has 0 fully saturated rings. The van der Waals surface area contributed by atoms with E-state index in [1.807, 2.05) is 17.4 Å². The third-order valence-electron chi connectivity index (χ3n) is 2.80. The maximum atomic E-state index is 10.9. The summed E-state index contributed by atoms with van der Waals surface area (Å²) in [5.41, 5.74) is 1.28. The van der Waals surface area contributed by atoms with Crippen LogP contribution in [0.25, 0.3) is 10.4 Å². The summed E-state index contributed by atoms with van der Waals surface area (Å²) in [5.74, 6) is 0.784. The number of hydrogen-bond donors (Lipinski definition) is 1. The van der Waals surface area contributed by atoms with Gasteiger partial charge in [0.15, 0.2) is 0 Å². The molecule has 0 aliphatic carbocycles. The summed E-state index contributed by atoms with van der Waals surface area (Å²) < 4.78 is 10.9. The molecular formula is C15H19NOS2. The van der Waals surface area contributed by atoms with Crippen LogP contribution >= 0.6 is 11.3 Å². The minimum absolute atomic E-state index is 0.672. The average molecular weight is 293 g/mol. The molecule has 102 valence electrons. The van der Waals surface area contributed by atoms with Crippen LogP contribution < -0.4 is 5.32 Å². The van der Waals surface area contributed by atoms with Crippen molar-refractivity contribution in [1.82, 2.24) is 5.32 Å². The lowest BCUT2D eigenvalue weighted by Crippen LogP contribution is -2.15. The standard InChI is InChI=1S/C15H19NOS2/c1-19(17)11-5-10-16-12-14-8-9-15(18-14)13-6-3-2-4-7-13/h2-4,6-9,16H,5,10-12H2,1H3. The molecule has 0 amide bonds. The maximum Gasteiger partial charge on any atom is 0.0346 e. The zero-order valence-electron chi connectivity index (χ0n) is 11.1. The van der Waals surface area contributed by atoms with E-state index < -0.39 is 10.8 Å². The lowest BCUT2D eigenvalue weighted by molar-refractivity contribution is 0.665. The van der Waals surface area contributed by atoms with Gasteiger partial charge in [-0.25, -0.2) is 0 Å². The predicted molar refractivity (Wildman–Crippen MR) is 85.0 cm³/mol. The molecule has 1 aromatic carbocycles. The van der Waals surface area contributed by atoms with Gasteiger partial charge in [0.25, 0.3) is 0 Å². The fraction of sp³-hybridized carbons (Fsp3) is 0.333. The fourth-order valence-electron chi connectivity index (χ4n) is 1.84. The Morgan fingerprint density at radius 1 is 1.16 bits per heavy atom. The van der Waals surface area contributed by atoms with Crippen molar-refractivity contribution in [3.05, 3.63) is 47.3 Å². The lowest BCUT2D eigenvalue weighted by Gasteiger charge is -2.01. The van der Waals surface area contributed by atoms with E-state index in [1.54, 1.807) is 6.26 Å². The maximum absolute atomic E-state index is 10.9. The van der Waals surface area contributed by atoms with Crippen LogP contribution in [-0.4, -0.2) is 22.8 Å². The SMILES string of the molecule is CS(=O)CCCNCc1ccc(-c2ccccc2)s1. The number of nitrogens with one attached hydrogen (secondary N) is 1. The highest BCUT2D eigenvalue weighted by atomic mass is 32.2. The largest absolute Gasteiger partial charge is 0.312 e. The number of benzene rings is 1. The molecule has 0 saturated heterocycles. The van der Waals surface area contributed by atoms with Gasteiger partial charge in [-0.15, -0.1) is 11.3 Å². The molecule has 1 heterocycles. The van der Waals surface area contributed by atoms with Crippen molar-refractivity contribution in [2.75, 3.05) is 18.6 Å². The molecule has 4 heteroatoms. The van der Waals surface area contributed by atoms with E-state index in [0.29, 0.717) is 0 Å². The molecule has 0 aliphatic heterocycles. The van der Waals surface area contributed by atoms with Crippen LogP contribution in [0.3, 0.4) is 0 Å². The number of rotatable bonds is 7. The van der Waals surface area contributed by atoms with Gasteiger partial charge < -0.3 is 5.32 Å². The van der Waals surface area contributed by atoms with Crippen molar-refractivity contribution in [3.8, 4) is 10.4 Å². The highest BCUT2D eigenvalue weighted by Gasteiger charge is 2.02. The Bertz CT molecular complexity index is 522. The molecule has 2 aromatic rings. The molecule has 0 bridgehead atoms. The lowest BCUT2D eigenvalue weighted by atomic mass is 10.2. The molecule has 1 unspecified atom stereocenters. The van der Waals surface area contributed by atoms with Crippen molar-refractivity contribution < 1.29 is 4.21 Å². The van der Waals surface area contributed by atoms with Crippen LogP contribution in [0.2, 0.25) is 0 Å². The molecule has 0 aliphatic rings. The van der Waals surface area contributed by atoms with Crippen molar-refractivity contribution in [2.45, 2.75) is 13.0 Å². The first-order chi connectivity index (χ1) is 9.25. The van der Waals surface area contributed by atoms with Gasteiger partial charge in [0, 0.05) is 39.1 Å². The Morgan fingerprint density at radius 2 is 1.95 bits per heavy atom. The Labute approximate surface area is 121 Å². The monoisotopic (exact) mass is 293 g/mol. The predicted octanol–water partition coefficient (Wildman–Crippen LogP) is 3.27. The molecule has 19 heavy (non-hydrogen) atoms. The molecule has 0 saturated carbocycles. The van der Waals surface area contributed by atoms with Crippen molar-refractivity contribution in [1.29, 1.82) is 0 Å². The van der Waals surface area contributed by atoms with E-state index in [2.05, 4.69) is 41.7 Å². The van der Waals surface area contributed by atoms with Crippen molar-refractivity contribution in [3.63, 3.8) is 0 Å². The summed E-state index contributed by atoms with van der Waals surface area (Å²) in [6.07, 6.45) is 2.73. The average Bonchev–Trinajstić information content (AvgIpc) is 2.88. The van der Waals surface area contributed by atoms with Gasteiger partial charge in [0.05, 0.1) is 0 Å². The topological polar surface area (TPSA) is 29.1 Å². The molecule has 1 N–H and O–H groups in total. The minimum Gasteiger partial charge on any atom is -0.312 e. The van der Waals surface area contributed by atoms with Crippen LogP contribution in [0.15, 0.2) is 42.5 Å². The van der Waals surface area contributed by atoms with Gasteiger partial charge in [0.2, 0.25) is 0 Å². The Kier molecular flexibility index (Phi) is 5.76. The first-order valence-electron chi connectivity index (χ1n) is 6.40. The summed E-state index contributed by atoms with van der Waals surface area (Å²) in [4.78, 5) is 2.66. The van der Waals surface area contributed by atoms with Crippen LogP contribution in [0.4, 0.5) is 0 Å². The fourth-order valence-corrected chi connectivity index (χ4v) is 3.38. The smallest absolute Gasteiger partial charge is 0.0346 e. The first-order valence-corrected chi connectivity index (χ1v) is 8.95. The number of hydrogen-bond acceptors (Lipinski definition) is 3. The van der Waals surface area contributed by atoms with E-state index in [9.17, 15) is 4.21 Å². The van der Waals surface area contributed by atoms with E-state index in [-0.39, 0.29) is 0 Å². The quantitative estimate of drug-likeness (QED) is 0.794. The second-order valence-corrected chi connectivity index (χ2v) is 7.16. The van der Waals surface area contributed by atoms with Crippen LogP contribution in [0, 0.1) is 0 Å². The van der Waals surface area contributed by atoms with E-state index in [4.69, 9.17) is 0 Å². The summed E-state index contributed by atoms with van der Waals surface area (Å²) >= 11 is 1.83. The molecule has 1 aromatic heterocycles. The van der Waals surface area contributed by atoms with Crippen LogP contribution in [0.5, 0.6) is 0 Å². The Balaban J connectivity index is 1.80. The molecule has 2 rings (SSSR count). The Hall–Kier alpha value is -0.970. The summed E-state index contributed by atoms with van der Waals surface area (Å²) in [5, 5.41) is 3.40. The van der Waals surface area contributed by atoms with Crippen LogP contribution in [-0.2, 0) is 17.3 Å². The highest BCUT2D eigenvalue weighted by Crippen LogP contribution is 2.27. The van der Waals surface area contributed by atoms with Gasteiger partial charge in [0.1, 0.15) is 0 Å². The highest BCUT2D eigenvalue weighted by molar-refractivity contribution is 7.84. The Morgan fingerprint density at radius 3 is 2.68 bits per heavy atom. The second-order valence-electron chi connectivity index (χ2n) is 4.44. The van der Waals surface area contributed by atoms with E-state index in [0.717, 1.165) is 25.3 Å². The van der Waals surface area contributed by atoms with Gasteiger partial charge in [-0.05, 0) is 30.7 Å². The van der Waals surface area contributed by atoms with Gasteiger partial charge >= 0.3 is 0 Å². The third-order valence-corrected chi connectivity index (χ3v) is 4.80. The molecule has 0 spiro atoms. The summed E-state index contributed by atoms with van der Waals surface area (Å²) in [6, 6.07) is 14.8. The zero-order valence-corrected chi connectivity index (χ0v) is 12.7. The molecule has 0 radical (unpaired) electrons. The van der Waals surface area contributed by atoms with E-state index in [1.165, 1.54) is 15.3 Å². The van der Waals surface area contributed by atoms with Gasteiger partial charge in [-0.3, -0.25) is 4.21 Å². The number of thiophene rings is 1. The molecule has 2 nitrogen and oxygen atoms in total. The summed E-state index contributed by atoms with van der Waals surface area (Å²) in [7, 11) is -0.672. The first kappa shape index (κ1) is 14.4. The van der Waals surface area contributed by atoms with Crippen molar-refractivity contribution >= 4 is 22.1 Å². The molecular weight excluding hydrogens is 274 g/mol. The minimum atomic E-state index is -0.672. The third kappa shape index (κ3) is 4.90. The second kappa shape index (κ2) is 7.58. The molecule has 1 atom stereocenters. The van der Waals surface area contributed by atoms with Crippen LogP contribution in [0.1, 0.15) is 11.3 Å². The van der Waals surface area contributed by atoms with E-state index >= 15 is 0 Å². The normalized spacial score (nSPS) is 12.5. The van der Waals surface area contributed by atoms with Crippen molar-refractivity contribution in [2.24, 2.45) is 0 Å². The van der Waals surface area contributed by atoms with Gasteiger partial charge in [-0.2, -0.15) is 0 Å². The van der Waals surface area contributed by atoms with Gasteiger partial charge in [-0.1, -0.05) is 30.3 Å². The summed E-state index contributed by atoms with van der Waals surface area (Å²) in [6.45, 7) is 1.83.